The summed E-state index contributed by atoms with van der Waals surface area (Å²) >= 11 is 0. The number of hydrogen-bond donors (Lipinski definition) is 1. The molecule has 6 heteroatoms. The van der Waals surface area contributed by atoms with Gasteiger partial charge in [-0.1, -0.05) is 11.6 Å². The first kappa shape index (κ1) is 10.1. The van der Waals surface area contributed by atoms with Gasteiger partial charge in [0.25, 0.3) is 5.91 Å². The van der Waals surface area contributed by atoms with Crippen LogP contribution in [0.5, 0.6) is 0 Å². The van der Waals surface area contributed by atoms with E-state index in [1.54, 1.807) is 13.2 Å². The van der Waals surface area contributed by atoms with Crippen molar-refractivity contribution < 1.29 is 4.79 Å². The second-order valence-corrected chi connectivity index (χ2v) is 3.77. The van der Waals surface area contributed by atoms with Crippen LogP contribution < -0.4 is 5.43 Å². The lowest BCUT2D eigenvalue weighted by molar-refractivity contribution is 0.0744. The van der Waals surface area contributed by atoms with Crippen LogP contribution in [0.15, 0.2) is 6.20 Å². The summed E-state index contributed by atoms with van der Waals surface area (Å²) in [6.07, 6.45) is 5.14. The molecule has 2 heterocycles. The van der Waals surface area contributed by atoms with Gasteiger partial charge in [0.2, 0.25) is 0 Å². The summed E-state index contributed by atoms with van der Waals surface area (Å²) in [7, 11) is 1.74. The lowest BCUT2D eigenvalue weighted by Gasteiger charge is -2.26. The third-order valence-electron chi connectivity index (χ3n) is 2.45. The summed E-state index contributed by atoms with van der Waals surface area (Å²) in [4.78, 5) is 11.7. The molecule has 0 atom stereocenters. The molecule has 1 saturated heterocycles. The highest BCUT2D eigenvalue weighted by atomic mass is 16.2. The number of carbonyl (C=O) groups excluding carboxylic acids is 1. The van der Waals surface area contributed by atoms with E-state index in [9.17, 15) is 4.79 Å². The number of aryl methyl sites for hydroxylation is 1. The molecule has 0 radical (unpaired) electrons. The highest BCUT2D eigenvalue weighted by Gasteiger charge is 2.15. The van der Waals surface area contributed by atoms with E-state index in [0.717, 1.165) is 25.9 Å². The summed E-state index contributed by atoms with van der Waals surface area (Å²) < 4.78 is 1.52. The maximum atomic E-state index is 11.7. The SMILES string of the molecule is Cn1cc(C(=O)NN2CCCCC2)nn1. The monoisotopic (exact) mass is 209 g/mol. The van der Waals surface area contributed by atoms with Crippen molar-refractivity contribution >= 4 is 5.91 Å². The van der Waals surface area contributed by atoms with Gasteiger partial charge in [0.15, 0.2) is 5.69 Å². The lowest BCUT2D eigenvalue weighted by atomic mass is 10.2. The minimum Gasteiger partial charge on any atom is -0.283 e. The molecule has 1 aromatic heterocycles. The van der Waals surface area contributed by atoms with Gasteiger partial charge in [0.1, 0.15) is 0 Å². The molecule has 0 aromatic carbocycles. The zero-order valence-electron chi connectivity index (χ0n) is 8.81. The minimum atomic E-state index is -0.176. The van der Waals surface area contributed by atoms with Crippen LogP contribution in [-0.2, 0) is 7.05 Å². The number of carbonyl (C=O) groups is 1. The first-order valence-electron chi connectivity index (χ1n) is 5.18. The number of hydrazine groups is 1. The van der Waals surface area contributed by atoms with E-state index in [1.165, 1.54) is 11.1 Å². The summed E-state index contributed by atoms with van der Waals surface area (Å²) in [5.74, 6) is -0.176. The standard InChI is InChI=1S/C9H15N5O/c1-13-7-8(10-12-13)9(15)11-14-5-3-2-4-6-14/h7H,2-6H2,1H3,(H,11,15). The van der Waals surface area contributed by atoms with E-state index < -0.39 is 0 Å². The molecule has 1 aliphatic rings. The molecular weight excluding hydrogens is 194 g/mol. The van der Waals surface area contributed by atoms with E-state index in [4.69, 9.17) is 0 Å². The molecular formula is C9H15N5O. The van der Waals surface area contributed by atoms with Crippen molar-refractivity contribution in [1.82, 2.24) is 25.4 Å². The number of piperidine rings is 1. The number of hydrogen-bond acceptors (Lipinski definition) is 4. The molecule has 6 nitrogen and oxygen atoms in total. The second-order valence-electron chi connectivity index (χ2n) is 3.77. The zero-order chi connectivity index (χ0) is 10.7. The first-order valence-corrected chi connectivity index (χ1v) is 5.18. The third kappa shape index (κ3) is 2.53. The predicted octanol–water partition coefficient (Wildman–Crippen LogP) is -0.0542. The van der Waals surface area contributed by atoms with Gasteiger partial charge in [-0.25, -0.2) is 5.01 Å². The van der Waals surface area contributed by atoms with E-state index in [-0.39, 0.29) is 5.91 Å². The van der Waals surface area contributed by atoms with Crippen molar-refractivity contribution in [2.75, 3.05) is 13.1 Å². The Hall–Kier alpha value is -1.43. The average Bonchev–Trinajstić information content (AvgIpc) is 2.66. The van der Waals surface area contributed by atoms with Crippen LogP contribution in [0.2, 0.25) is 0 Å². The Balaban J connectivity index is 1.91. The topological polar surface area (TPSA) is 63.1 Å². The molecule has 0 spiro atoms. The molecule has 1 amide bonds. The van der Waals surface area contributed by atoms with Crippen molar-refractivity contribution in [3.05, 3.63) is 11.9 Å². The van der Waals surface area contributed by atoms with Gasteiger partial charge >= 0.3 is 0 Å². The molecule has 0 aliphatic carbocycles. The summed E-state index contributed by atoms with van der Waals surface area (Å²) in [6.45, 7) is 1.85. The molecule has 1 aromatic rings. The van der Waals surface area contributed by atoms with Crippen molar-refractivity contribution in [1.29, 1.82) is 0 Å². The van der Waals surface area contributed by atoms with Crippen LogP contribution in [0.1, 0.15) is 29.8 Å². The summed E-state index contributed by atoms with van der Waals surface area (Å²) in [5, 5.41) is 9.42. The number of nitrogens with zero attached hydrogens (tertiary/aromatic N) is 4. The highest BCUT2D eigenvalue weighted by molar-refractivity contribution is 5.91. The van der Waals surface area contributed by atoms with Crippen LogP contribution >= 0.6 is 0 Å². The van der Waals surface area contributed by atoms with Crippen molar-refractivity contribution in [3.63, 3.8) is 0 Å². The van der Waals surface area contributed by atoms with Crippen molar-refractivity contribution in [2.45, 2.75) is 19.3 Å². The molecule has 15 heavy (non-hydrogen) atoms. The average molecular weight is 209 g/mol. The molecule has 0 saturated carbocycles. The molecule has 1 fully saturated rings. The Morgan fingerprint density at radius 2 is 2.13 bits per heavy atom. The van der Waals surface area contributed by atoms with Crippen LogP contribution in [0.25, 0.3) is 0 Å². The first-order chi connectivity index (χ1) is 7.25. The minimum absolute atomic E-state index is 0.176. The lowest BCUT2D eigenvalue weighted by Crippen LogP contribution is -2.45. The van der Waals surface area contributed by atoms with Crippen molar-refractivity contribution in [2.24, 2.45) is 7.05 Å². The Labute approximate surface area is 88.2 Å². The zero-order valence-corrected chi connectivity index (χ0v) is 8.81. The van der Waals surface area contributed by atoms with E-state index in [1.807, 2.05) is 5.01 Å². The van der Waals surface area contributed by atoms with Gasteiger partial charge in [-0.15, -0.1) is 5.10 Å². The maximum absolute atomic E-state index is 11.7. The van der Waals surface area contributed by atoms with Gasteiger partial charge in [-0.3, -0.25) is 14.9 Å². The number of aromatic nitrogens is 3. The molecule has 0 unspecified atom stereocenters. The molecule has 1 N–H and O–H groups in total. The van der Waals surface area contributed by atoms with Gasteiger partial charge in [-0.05, 0) is 12.8 Å². The Morgan fingerprint density at radius 1 is 1.40 bits per heavy atom. The molecule has 0 bridgehead atoms. The van der Waals surface area contributed by atoms with Crippen LogP contribution in [0.3, 0.4) is 0 Å². The number of amides is 1. The number of nitrogens with one attached hydrogen (secondary N) is 1. The maximum Gasteiger partial charge on any atom is 0.287 e. The molecule has 2 rings (SSSR count). The Bertz CT molecular complexity index is 342. The fraction of sp³-hybridized carbons (Fsp3) is 0.667. The van der Waals surface area contributed by atoms with Gasteiger partial charge < -0.3 is 0 Å². The fourth-order valence-corrected chi connectivity index (χ4v) is 1.66. The quantitative estimate of drug-likeness (QED) is 0.741. The Kier molecular flexibility index (Phi) is 2.96. The smallest absolute Gasteiger partial charge is 0.283 e. The van der Waals surface area contributed by atoms with Crippen LogP contribution in [0.4, 0.5) is 0 Å². The van der Waals surface area contributed by atoms with Gasteiger partial charge in [-0.2, -0.15) is 0 Å². The summed E-state index contributed by atoms with van der Waals surface area (Å²) in [6, 6.07) is 0. The van der Waals surface area contributed by atoms with Gasteiger partial charge in [0, 0.05) is 20.1 Å². The largest absolute Gasteiger partial charge is 0.287 e. The van der Waals surface area contributed by atoms with Gasteiger partial charge in [0.05, 0.1) is 6.20 Å². The normalized spacial score (nSPS) is 17.7. The predicted molar refractivity (Wildman–Crippen MR) is 53.9 cm³/mol. The van der Waals surface area contributed by atoms with Crippen LogP contribution in [-0.4, -0.2) is 39.0 Å². The second kappa shape index (κ2) is 4.39. The third-order valence-corrected chi connectivity index (χ3v) is 2.45. The number of rotatable bonds is 2. The van der Waals surface area contributed by atoms with Crippen LogP contribution in [0, 0.1) is 0 Å². The van der Waals surface area contributed by atoms with E-state index in [2.05, 4.69) is 15.7 Å². The Morgan fingerprint density at radius 3 is 2.73 bits per heavy atom. The molecule has 1 aliphatic heterocycles. The van der Waals surface area contributed by atoms with E-state index >= 15 is 0 Å². The summed E-state index contributed by atoms with van der Waals surface area (Å²) in [5.41, 5.74) is 3.19. The molecule has 82 valence electrons. The van der Waals surface area contributed by atoms with E-state index in [0.29, 0.717) is 5.69 Å². The highest BCUT2D eigenvalue weighted by Crippen LogP contribution is 2.06. The van der Waals surface area contributed by atoms with Crippen molar-refractivity contribution in [3.8, 4) is 0 Å². The fourth-order valence-electron chi connectivity index (χ4n) is 1.66.